The number of nitrogens with one attached hydrogen (secondary N) is 1. The monoisotopic (exact) mass is 505 g/mol. The highest BCUT2D eigenvalue weighted by Gasteiger charge is 2.31. The number of methoxy groups -OCH3 is 1. The van der Waals surface area contributed by atoms with Crippen molar-refractivity contribution in [1.82, 2.24) is 10.2 Å². The van der Waals surface area contributed by atoms with E-state index >= 15 is 0 Å². The molecule has 0 bridgehead atoms. The molecular weight excluding hydrogens is 470 g/mol. The first-order chi connectivity index (χ1) is 16.6. The van der Waals surface area contributed by atoms with E-state index in [2.05, 4.69) is 5.32 Å². The largest absolute Gasteiger partial charge is 0.497 e. The van der Waals surface area contributed by atoms with Gasteiger partial charge in [-0.05, 0) is 50.1 Å². The summed E-state index contributed by atoms with van der Waals surface area (Å²) in [6, 6.07) is 13.0. The van der Waals surface area contributed by atoms with E-state index < -0.39 is 28.5 Å². The molecule has 1 unspecified atom stereocenters. The maximum atomic E-state index is 13.6. The Morgan fingerprint density at radius 1 is 1.09 bits per heavy atom. The summed E-state index contributed by atoms with van der Waals surface area (Å²) in [7, 11) is -2.30. The van der Waals surface area contributed by atoms with Gasteiger partial charge in [0.1, 0.15) is 24.1 Å². The molecule has 2 rings (SSSR count). The summed E-state index contributed by atoms with van der Waals surface area (Å²) in [6.07, 6.45) is 1.78. The van der Waals surface area contributed by atoms with Crippen LogP contribution in [0.1, 0.15) is 32.8 Å². The lowest BCUT2D eigenvalue weighted by atomic mass is 10.1. The Labute approximate surface area is 208 Å². The highest BCUT2D eigenvalue weighted by molar-refractivity contribution is 7.92. The lowest BCUT2D eigenvalue weighted by Crippen LogP contribution is -2.51. The fourth-order valence-corrected chi connectivity index (χ4v) is 4.33. The molecule has 0 radical (unpaired) electrons. The van der Waals surface area contributed by atoms with E-state index in [1.807, 2.05) is 13.0 Å². The highest BCUT2D eigenvalue weighted by atomic mass is 32.2. The molecule has 2 aromatic carbocycles. The lowest BCUT2D eigenvalue weighted by Gasteiger charge is -2.32. The standard InChI is InChI=1S/C25H35N3O6S/c1-6-15-26-25(30)19(3)27(17-20-11-10-12-21(16-20)33-4)24(29)18-28(35(5,31)32)22-13-8-9-14-23(22)34-7-2/h8-14,16,19H,6-7,15,17-18H2,1-5H3,(H,26,30). The number of benzene rings is 2. The van der Waals surface area contributed by atoms with E-state index in [1.54, 1.807) is 63.4 Å². The number of nitrogens with zero attached hydrogens (tertiary/aromatic N) is 2. The molecule has 10 heteroatoms. The van der Waals surface area contributed by atoms with Gasteiger partial charge in [0.05, 0.1) is 25.7 Å². The quantitative estimate of drug-likeness (QED) is 0.449. The van der Waals surface area contributed by atoms with Gasteiger partial charge in [0.2, 0.25) is 21.8 Å². The van der Waals surface area contributed by atoms with Crippen molar-refractivity contribution in [3.8, 4) is 11.5 Å². The average Bonchev–Trinajstić information content (AvgIpc) is 2.84. The van der Waals surface area contributed by atoms with E-state index in [0.717, 1.165) is 22.5 Å². The number of para-hydroxylation sites is 2. The minimum absolute atomic E-state index is 0.0987. The molecule has 0 aliphatic rings. The van der Waals surface area contributed by atoms with Crippen LogP contribution in [0.4, 0.5) is 5.69 Å². The smallest absolute Gasteiger partial charge is 0.244 e. The molecule has 9 nitrogen and oxygen atoms in total. The number of ether oxygens (including phenoxy) is 2. The number of sulfonamides is 1. The van der Waals surface area contributed by atoms with E-state index in [1.165, 1.54) is 4.90 Å². The number of amides is 2. The zero-order valence-electron chi connectivity index (χ0n) is 21.0. The molecule has 0 fully saturated rings. The van der Waals surface area contributed by atoms with Gasteiger partial charge in [-0.25, -0.2) is 8.42 Å². The van der Waals surface area contributed by atoms with Crippen LogP contribution in [0, 0.1) is 0 Å². The average molecular weight is 506 g/mol. The summed E-state index contributed by atoms with van der Waals surface area (Å²) in [5, 5.41) is 2.81. The van der Waals surface area contributed by atoms with Crippen LogP contribution in [0.15, 0.2) is 48.5 Å². The molecule has 0 spiro atoms. The van der Waals surface area contributed by atoms with Crippen LogP contribution in [0.2, 0.25) is 0 Å². The molecule has 0 saturated heterocycles. The normalized spacial score (nSPS) is 11.9. The van der Waals surface area contributed by atoms with E-state index in [-0.39, 0.29) is 18.1 Å². The van der Waals surface area contributed by atoms with Crippen molar-refractivity contribution in [2.24, 2.45) is 0 Å². The predicted octanol–water partition coefficient (Wildman–Crippen LogP) is 2.80. The van der Waals surface area contributed by atoms with Crippen molar-refractivity contribution in [3.63, 3.8) is 0 Å². The van der Waals surface area contributed by atoms with E-state index in [0.29, 0.717) is 24.7 Å². The Bertz CT molecular complexity index is 1110. The Hall–Kier alpha value is -3.27. The molecular formula is C25H35N3O6S. The number of carbonyl (C=O) groups excluding carboxylic acids is 2. The molecule has 2 aromatic rings. The summed E-state index contributed by atoms with van der Waals surface area (Å²) >= 11 is 0. The molecule has 0 aliphatic heterocycles. The Morgan fingerprint density at radius 3 is 2.43 bits per heavy atom. The summed E-state index contributed by atoms with van der Waals surface area (Å²) < 4.78 is 37.4. The third-order valence-electron chi connectivity index (χ3n) is 5.32. The first-order valence-electron chi connectivity index (χ1n) is 11.5. The molecule has 0 heterocycles. The first-order valence-corrected chi connectivity index (χ1v) is 13.4. The Balaban J connectivity index is 2.43. The third kappa shape index (κ3) is 7.88. The van der Waals surface area contributed by atoms with Gasteiger partial charge in [0.15, 0.2) is 0 Å². The second-order valence-corrected chi connectivity index (χ2v) is 9.92. The third-order valence-corrected chi connectivity index (χ3v) is 6.44. The first kappa shape index (κ1) is 28.0. The Kier molecular flexibility index (Phi) is 10.4. The van der Waals surface area contributed by atoms with Crippen molar-refractivity contribution in [1.29, 1.82) is 0 Å². The zero-order chi connectivity index (χ0) is 26.0. The summed E-state index contributed by atoms with van der Waals surface area (Å²) in [5.41, 5.74) is 1.00. The number of hydrogen-bond donors (Lipinski definition) is 1. The molecule has 0 saturated carbocycles. The van der Waals surface area contributed by atoms with Gasteiger partial charge in [0.25, 0.3) is 0 Å². The van der Waals surface area contributed by atoms with Crippen LogP contribution in [0.25, 0.3) is 0 Å². The topological polar surface area (TPSA) is 105 Å². The van der Waals surface area contributed by atoms with Crippen molar-refractivity contribution >= 4 is 27.5 Å². The van der Waals surface area contributed by atoms with Crippen LogP contribution in [0.5, 0.6) is 11.5 Å². The van der Waals surface area contributed by atoms with Crippen molar-refractivity contribution in [2.75, 3.05) is 37.4 Å². The fraction of sp³-hybridized carbons (Fsp3) is 0.440. The van der Waals surface area contributed by atoms with Gasteiger partial charge in [0, 0.05) is 13.1 Å². The van der Waals surface area contributed by atoms with Gasteiger partial charge in [-0.15, -0.1) is 0 Å². The second kappa shape index (κ2) is 13.0. The number of rotatable bonds is 13. The minimum Gasteiger partial charge on any atom is -0.497 e. The molecule has 1 atom stereocenters. The fourth-order valence-electron chi connectivity index (χ4n) is 3.48. The van der Waals surface area contributed by atoms with Gasteiger partial charge in [-0.1, -0.05) is 31.2 Å². The number of carbonyl (C=O) groups is 2. The molecule has 0 aromatic heterocycles. The molecule has 35 heavy (non-hydrogen) atoms. The maximum absolute atomic E-state index is 13.6. The van der Waals surface area contributed by atoms with Crippen LogP contribution in [-0.2, 0) is 26.2 Å². The van der Waals surface area contributed by atoms with Gasteiger partial charge < -0.3 is 19.7 Å². The van der Waals surface area contributed by atoms with Crippen LogP contribution in [0.3, 0.4) is 0 Å². The summed E-state index contributed by atoms with van der Waals surface area (Å²) in [4.78, 5) is 27.7. The van der Waals surface area contributed by atoms with Crippen molar-refractivity contribution in [3.05, 3.63) is 54.1 Å². The van der Waals surface area contributed by atoms with Crippen LogP contribution < -0.4 is 19.1 Å². The predicted molar refractivity (Wildman–Crippen MR) is 136 cm³/mol. The number of anilines is 1. The van der Waals surface area contributed by atoms with E-state index in [4.69, 9.17) is 9.47 Å². The molecule has 192 valence electrons. The molecule has 0 aliphatic carbocycles. The minimum atomic E-state index is -3.85. The zero-order valence-corrected chi connectivity index (χ0v) is 21.8. The number of hydrogen-bond acceptors (Lipinski definition) is 6. The van der Waals surface area contributed by atoms with Gasteiger partial charge in [-0.3, -0.25) is 13.9 Å². The molecule has 1 N–H and O–H groups in total. The summed E-state index contributed by atoms with van der Waals surface area (Å²) in [6.45, 7) is 5.77. The van der Waals surface area contributed by atoms with Gasteiger partial charge in [-0.2, -0.15) is 0 Å². The highest BCUT2D eigenvalue weighted by Crippen LogP contribution is 2.30. The SMILES string of the molecule is CCCNC(=O)C(C)N(Cc1cccc(OC)c1)C(=O)CN(c1ccccc1OCC)S(C)(=O)=O. The molecule has 2 amide bonds. The van der Waals surface area contributed by atoms with Crippen LogP contribution in [-0.4, -0.2) is 64.2 Å². The van der Waals surface area contributed by atoms with E-state index in [9.17, 15) is 18.0 Å². The second-order valence-electron chi connectivity index (χ2n) is 8.01. The lowest BCUT2D eigenvalue weighted by molar-refractivity contribution is -0.139. The maximum Gasteiger partial charge on any atom is 0.244 e. The Morgan fingerprint density at radius 2 is 1.80 bits per heavy atom. The summed E-state index contributed by atoms with van der Waals surface area (Å²) in [5.74, 6) is 0.120. The van der Waals surface area contributed by atoms with Gasteiger partial charge >= 0.3 is 0 Å². The van der Waals surface area contributed by atoms with Crippen molar-refractivity contribution < 1.29 is 27.5 Å². The van der Waals surface area contributed by atoms with Crippen LogP contribution >= 0.6 is 0 Å². The van der Waals surface area contributed by atoms with Crippen molar-refractivity contribution in [2.45, 2.75) is 39.8 Å².